The van der Waals surface area contributed by atoms with Crippen LogP contribution in [0.15, 0.2) is 0 Å². The summed E-state index contributed by atoms with van der Waals surface area (Å²) in [5.74, 6) is 1.05. The van der Waals surface area contributed by atoms with Crippen LogP contribution in [0.25, 0.3) is 0 Å². The fourth-order valence-electron chi connectivity index (χ4n) is 6.98. The van der Waals surface area contributed by atoms with Crippen molar-refractivity contribution in [1.82, 2.24) is 5.32 Å². The van der Waals surface area contributed by atoms with Crippen LogP contribution in [0.2, 0.25) is 0 Å². The van der Waals surface area contributed by atoms with Gasteiger partial charge in [-0.05, 0) is 80.6 Å². The topological polar surface area (TPSA) is 12.0 Å². The van der Waals surface area contributed by atoms with Crippen LogP contribution in [-0.2, 0) is 0 Å². The van der Waals surface area contributed by atoms with Crippen LogP contribution < -0.4 is 5.32 Å². The molecule has 0 aromatic carbocycles. The van der Waals surface area contributed by atoms with Gasteiger partial charge in [0.05, 0.1) is 0 Å². The highest BCUT2D eigenvalue weighted by Gasteiger charge is 2.59. The Morgan fingerprint density at radius 3 is 2.17 bits per heavy atom. The van der Waals surface area contributed by atoms with E-state index in [2.05, 4.69) is 33.0 Å². The second kappa shape index (κ2) is 3.98. The Balaban J connectivity index is 1.80. The third-order valence-electron chi connectivity index (χ3n) is 6.03. The normalized spacial score (nSPS) is 51.7. The molecule has 4 aliphatic rings. The molecular weight excluding hydrogens is 218 g/mol. The van der Waals surface area contributed by atoms with Gasteiger partial charge in [-0.3, -0.25) is 0 Å². The Hall–Kier alpha value is -0.0400. The molecule has 0 aliphatic heterocycles. The van der Waals surface area contributed by atoms with E-state index >= 15 is 0 Å². The zero-order chi connectivity index (χ0) is 13.0. The molecule has 1 N–H and O–H groups in total. The number of rotatable bonds is 4. The van der Waals surface area contributed by atoms with Gasteiger partial charge in [0.1, 0.15) is 0 Å². The van der Waals surface area contributed by atoms with Gasteiger partial charge in [-0.25, -0.2) is 0 Å². The van der Waals surface area contributed by atoms with Gasteiger partial charge < -0.3 is 5.32 Å². The molecule has 4 aliphatic carbocycles. The van der Waals surface area contributed by atoms with E-state index in [1.807, 2.05) is 0 Å². The molecule has 0 aromatic rings. The van der Waals surface area contributed by atoms with Crippen LogP contribution in [0.1, 0.15) is 72.6 Å². The Morgan fingerprint density at radius 1 is 1.06 bits per heavy atom. The molecule has 0 heterocycles. The molecule has 1 nitrogen and oxygen atoms in total. The third-order valence-corrected chi connectivity index (χ3v) is 6.03. The van der Waals surface area contributed by atoms with E-state index in [1.54, 1.807) is 0 Å². The van der Waals surface area contributed by atoms with E-state index < -0.39 is 0 Å². The van der Waals surface area contributed by atoms with Crippen molar-refractivity contribution < 1.29 is 0 Å². The molecule has 4 saturated carbocycles. The first kappa shape index (κ1) is 13.0. The van der Waals surface area contributed by atoms with E-state index in [9.17, 15) is 0 Å². The quantitative estimate of drug-likeness (QED) is 0.780. The molecule has 18 heavy (non-hydrogen) atoms. The molecule has 0 amide bonds. The summed E-state index contributed by atoms with van der Waals surface area (Å²) < 4.78 is 0. The second-order valence-corrected chi connectivity index (χ2v) is 8.79. The molecule has 104 valence electrons. The highest BCUT2D eigenvalue weighted by molar-refractivity contribution is 5.10. The van der Waals surface area contributed by atoms with Crippen LogP contribution in [0.4, 0.5) is 0 Å². The fraction of sp³-hybridized carbons (Fsp3) is 1.00. The zero-order valence-electron chi connectivity index (χ0n) is 12.8. The van der Waals surface area contributed by atoms with Crippen molar-refractivity contribution in [3.8, 4) is 0 Å². The minimum Gasteiger partial charge on any atom is -0.315 e. The van der Waals surface area contributed by atoms with Crippen LogP contribution in [0.3, 0.4) is 0 Å². The Bertz CT molecular complexity index is 317. The summed E-state index contributed by atoms with van der Waals surface area (Å²) in [5.41, 5.74) is 2.05. The van der Waals surface area contributed by atoms with Gasteiger partial charge in [-0.2, -0.15) is 0 Å². The summed E-state index contributed by atoms with van der Waals surface area (Å²) in [6.45, 7) is 10.9. The maximum atomic E-state index is 3.65. The fourth-order valence-corrected chi connectivity index (χ4v) is 6.98. The first-order valence-electron chi connectivity index (χ1n) is 8.10. The molecule has 0 aromatic heterocycles. The lowest BCUT2D eigenvalue weighted by atomic mass is 9.39. The standard InChI is InChI=1S/C17H31N/c1-5-18-13(2)6-17-9-14-7-15(3,11-17)10-16(4,8-14)12-17/h13-14,18H,5-12H2,1-4H3. The van der Waals surface area contributed by atoms with Crippen LogP contribution in [-0.4, -0.2) is 12.6 Å². The highest BCUT2D eigenvalue weighted by Crippen LogP contribution is 2.70. The molecule has 0 spiro atoms. The van der Waals surface area contributed by atoms with Gasteiger partial charge in [0.25, 0.3) is 0 Å². The molecule has 4 fully saturated rings. The van der Waals surface area contributed by atoms with Crippen molar-refractivity contribution in [3.63, 3.8) is 0 Å². The molecule has 1 heteroatoms. The summed E-state index contributed by atoms with van der Waals surface area (Å²) in [6.07, 6.45) is 10.5. The van der Waals surface area contributed by atoms with Gasteiger partial charge in [0.15, 0.2) is 0 Å². The van der Waals surface area contributed by atoms with Gasteiger partial charge in [0, 0.05) is 6.04 Å². The van der Waals surface area contributed by atoms with Crippen molar-refractivity contribution in [2.75, 3.05) is 6.54 Å². The number of hydrogen-bond acceptors (Lipinski definition) is 1. The summed E-state index contributed by atoms with van der Waals surface area (Å²) >= 11 is 0. The lowest BCUT2D eigenvalue weighted by Crippen LogP contribution is -2.56. The Morgan fingerprint density at radius 2 is 1.67 bits per heavy atom. The van der Waals surface area contributed by atoms with E-state index in [1.165, 1.54) is 44.9 Å². The van der Waals surface area contributed by atoms with Gasteiger partial charge in [-0.15, -0.1) is 0 Å². The Labute approximate surface area is 113 Å². The molecule has 4 bridgehead atoms. The molecule has 3 unspecified atom stereocenters. The smallest absolute Gasteiger partial charge is 0.00439 e. The van der Waals surface area contributed by atoms with E-state index in [0.29, 0.717) is 22.3 Å². The van der Waals surface area contributed by atoms with Crippen molar-refractivity contribution in [2.24, 2.45) is 22.2 Å². The van der Waals surface area contributed by atoms with E-state index in [4.69, 9.17) is 0 Å². The summed E-state index contributed by atoms with van der Waals surface area (Å²) in [7, 11) is 0. The van der Waals surface area contributed by atoms with Crippen molar-refractivity contribution in [3.05, 3.63) is 0 Å². The molecule has 0 radical (unpaired) electrons. The van der Waals surface area contributed by atoms with E-state index in [0.717, 1.165) is 12.5 Å². The molecular formula is C17H31N. The highest BCUT2D eigenvalue weighted by atomic mass is 14.9. The third kappa shape index (κ3) is 2.13. The Kier molecular flexibility index (Phi) is 2.86. The van der Waals surface area contributed by atoms with Crippen LogP contribution in [0.5, 0.6) is 0 Å². The monoisotopic (exact) mass is 249 g/mol. The first-order valence-corrected chi connectivity index (χ1v) is 8.10. The predicted octanol–water partition coefficient (Wildman–Crippen LogP) is 4.37. The molecule has 4 rings (SSSR count). The first-order chi connectivity index (χ1) is 8.36. The summed E-state index contributed by atoms with van der Waals surface area (Å²) in [4.78, 5) is 0. The zero-order valence-corrected chi connectivity index (χ0v) is 12.8. The average Bonchev–Trinajstić information content (AvgIpc) is 2.09. The lowest BCUT2D eigenvalue weighted by Gasteiger charge is -2.66. The number of hydrogen-bond donors (Lipinski definition) is 1. The average molecular weight is 249 g/mol. The van der Waals surface area contributed by atoms with Gasteiger partial charge in [0.2, 0.25) is 0 Å². The van der Waals surface area contributed by atoms with Crippen molar-refractivity contribution in [2.45, 2.75) is 78.7 Å². The van der Waals surface area contributed by atoms with Crippen LogP contribution >= 0.6 is 0 Å². The van der Waals surface area contributed by atoms with Gasteiger partial charge >= 0.3 is 0 Å². The van der Waals surface area contributed by atoms with E-state index in [-0.39, 0.29) is 0 Å². The minimum atomic E-state index is 0.681. The number of nitrogens with one attached hydrogen (secondary N) is 1. The second-order valence-electron chi connectivity index (χ2n) is 8.79. The molecule has 0 saturated heterocycles. The summed E-state index contributed by atoms with van der Waals surface area (Å²) in [6, 6.07) is 0.707. The van der Waals surface area contributed by atoms with Crippen molar-refractivity contribution in [1.29, 1.82) is 0 Å². The minimum absolute atomic E-state index is 0.681. The maximum Gasteiger partial charge on any atom is 0.00439 e. The molecule has 3 atom stereocenters. The van der Waals surface area contributed by atoms with Crippen molar-refractivity contribution >= 4 is 0 Å². The maximum absolute atomic E-state index is 3.65. The lowest BCUT2D eigenvalue weighted by molar-refractivity contribution is -0.149. The predicted molar refractivity (Wildman–Crippen MR) is 77.6 cm³/mol. The van der Waals surface area contributed by atoms with Gasteiger partial charge in [-0.1, -0.05) is 20.8 Å². The summed E-state index contributed by atoms with van der Waals surface area (Å²) in [5, 5.41) is 3.65. The van der Waals surface area contributed by atoms with Crippen LogP contribution in [0, 0.1) is 22.2 Å². The SMILES string of the molecule is CCNC(C)CC12CC3CC(C)(CC(C)(C3)C1)C2. The largest absolute Gasteiger partial charge is 0.315 e.